The van der Waals surface area contributed by atoms with Crippen molar-refractivity contribution < 1.29 is 0 Å². The van der Waals surface area contributed by atoms with E-state index in [9.17, 15) is 0 Å². The monoisotopic (exact) mass is 222 g/mol. The molecule has 4 nitrogen and oxygen atoms in total. The Hall–Kier alpha value is -1.10. The molecule has 0 bridgehead atoms. The summed E-state index contributed by atoms with van der Waals surface area (Å²) in [7, 11) is 0. The van der Waals surface area contributed by atoms with Crippen molar-refractivity contribution in [2.45, 2.75) is 31.7 Å². The fraction of sp³-hybridized carbons (Fsp3) is 0.500. The number of rotatable bonds is 4. The van der Waals surface area contributed by atoms with Gasteiger partial charge in [0.2, 0.25) is 0 Å². The van der Waals surface area contributed by atoms with E-state index in [1.807, 2.05) is 6.92 Å². The molecule has 2 aromatic heterocycles. The maximum atomic E-state index is 4.28. The van der Waals surface area contributed by atoms with E-state index >= 15 is 0 Å². The molecule has 0 radical (unpaired) electrons. The molecule has 2 aromatic rings. The molecule has 1 N–H and O–H groups in total. The van der Waals surface area contributed by atoms with Gasteiger partial charge in [-0.25, -0.2) is 15.0 Å². The maximum Gasteiger partial charge on any atom is 0.181 e. The Labute approximate surface area is 92.9 Å². The van der Waals surface area contributed by atoms with Gasteiger partial charge in [-0.2, -0.15) is 0 Å². The Morgan fingerprint density at radius 3 is 3.07 bits per heavy atom. The van der Waals surface area contributed by atoms with Crippen molar-refractivity contribution in [2.24, 2.45) is 0 Å². The van der Waals surface area contributed by atoms with E-state index in [0.717, 1.165) is 27.8 Å². The van der Waals surface area contributed by atoms with E-state index < -0.39 is 0 Å². The third kappa shape index (κ3) is 2.28. The predicted molar refractivity (Wildman–Crippen MR) is 62.1 cm³/mol. The van der Waals surface area contributed by atoms with Crippen LogP contribution in [-0.2, 0) is 0 Å². The van der Waals surface area contributed by atoms with Crippen LogP contribution in [0.4, 0.5) is 0 Å². The van der Waals surface area contributed by atoms with Gasteiger partial charge in [0, 0.05) is 0 Å². The van der Waals surface area contributed by atoms with E-state index in [1.54, 1.807) is 18.1 Å². The summed E-state index contributed by atoms with van der Waals surface area (Å²) in [5.74, 6) is 1.99. The maximum absolute atomic E-state index is 4.28. The number of aromatic nitrogens is 4. The van der Waals surface area contributed by atoms with Crippen LogP contribution in [0.25, 0.3) is 11.2 Å². The van der Waals surface area contributed by atoms with Crippen LogP contribution in [0.1, 0.15) is 25.6 Å². The third-order valence-corrected chi connectivity index (χ3v) is 3.18. The number of hydrogen-bond acceptors (Lipinski definition) is 4. The third-order valence-electron chi connectivity index (χ3n) is 2.11. The Bertz CT molecular complexity index is 452. The Morgan fingerprint density at radius 2 is 2.27 bits per heavy atom. The minimum atomic E-state index is 0.765. The number of imidazole rings is 1. The number of H-pyrrole nitrogens is 1. The lowest BCUT2D eigenvalue weighted by Crippen LogP contribution is -1.87. The number of unbranched alkanes of at least 4 members (excludes halogenated alkanes) is 1. The van der Waals surface area contributed by atoms with Gasteiger partial charge in [0.05, 0.1) is 0 Å². The van der Waals surface area contributed by atoms with Crippen molar-refractivity contribution in [3.63, 3.8) is 0 Å². The first-order valence-electron chi connectivity index (χ1n) is 5.11. The summed E-state index contributed by atoms with van der Waals surface area (Å²) in [6.45, 7) is 4.12. The molecule has 0 unspecified atom stereocenters. The molecule has 0 saturated heterocycles. The van der Waals surface area contributed by atoms with Crippen molar-refractivity contribution in [3.8, 4) is 0 Å². The number of aromatic amines is 1. The zero-order valence-electron chi connectivity index (χ0n) is 8.95. The first-order chi connectivity index (χ1) is 7.31. The Morgan fingerprint density at radius 1 is 1.40 bits per heavy atom. The molecule has 0 aromatic carbocycles. The molecule has 0 aliphatic carbocycles. The summed E-state index contributed by atoms with van der Waals surface area (Å²) >= 11 is 1.77. The van der Waals surface area contributed by atoms with Gasteiger partial charge in [0.25, 0.3) is 0 Å². The van der Waals surface area contributed by atoms with Crippen molar-refractivity contribution in [2.75, 3.05) is 5.75 Å². The number of hydrogen-bond donors (Lipinski definition) is 1. The van der Waals surface area contributed by atoms with Gasteiger partial charge in [0.1, 0.15) is 22.7 Å². The van der Waals surface area contributed by atoms with E-state index in [4.69, 9.17) is 0 Å². The second-order valence-electron chi connectivity index (χ2n) is 3.40. The zero-order chi connectivity index (χ0) is 10.7. The molecule has 2 heterocycles. The number of aryl methyl sites for hydroxylation is 1. The van der Waals surface area contributed by atoms with Crippen LogP contribution in [0, 0.1) is 6.92 Å². The second kappa shape index (κ2) is 4.61. The first kappa shape index (κ1) is 10.4. The van der Waals surface area contributed by atoms with Crippen molar-refractivity contribution in [3.05, 3.63) is 12.2 Å². The van der Waals surface area contributed by atoms with Crippen LogP contribution in [0.3, 0.4) is 0 Å². The van der Waals surface area contributed by atoms with Crippen molar-refractivity contribution >= 4 is 22.9 Å². The molecule has 0 atom stereocenters. The van der Waals surface area contributed by atoms with Crippen molar-refractivity contribution in [1.82, 2.24) is 19.9 Å². The molecule has 80 valence electrons. The van der Waals surface area contributed by atoms with Gasteiger partial charge < -0.3 is 4.98 Å². The summed E-state index contributed by atoms with van der Waals surface area (Å²) in [5.41, 5.74) is 1.73. The molecule has 5 heteroatoms. The van der Waals surface area contributed by atoms with Gasteiger partial charge >= 0.3 is 0 Å². The highest BCUT2D eigenvalue weighted by atomic mass is 32.2. The molecular weight excluding hydrogens is 208 g/mol. The van der Waals surface area contributed by atoms with E-state index in [1.165, 1.54) is 12.8 Å². The molecule has 0 aliphatic heterocycles. The Kier molecular flexibility index (Phi) is 3.20. The highest BCUT2D eigenvalue weighted by Crippen LogP contribution is 2.23. The first-order valence-corrected chi connectivity index (χ1v) is 6.10. The molecule has 0 spiro atoms. The summed E-state index contributed by atoms with van der Waals surface area (Å²) in [5, 5.41) is 1.01. The molecule has 0 fully saturated rings. The van der Waals surface area contributed by atoms with Crippen LogP contribution in [0.5, 0.6) is 0 Å². The summed E-state index contributed by atoms with van der Waals surface area (Å²) in [4.78, 5) is 15.9. The molecule has 0 amide bonds. The lowest BCUT2D eigenvalue weighted by Gasteiger charge is -1.99. The molecule has 15 heavy (non-hydrogen) atoms. The summed E-state index contributed by atoms with van der Waals surface area (Å²) in [6, 6.07) is 0. The van der Waals surface area contributed by atoms with E-state index in [-0.39, 0.29) is 0 Å². The quantitative estimate of drug-likeness (QED) is 0.490. The minimum Gasteiger partial charge on any atom is -0.339 e. The second-order valence-corrected chi connectivity index (χ2v) is 4.49. The number of nitrogens with zero attached hydrogens (tertiary/aromatic N) is 3. The lowest BCUT2D eigenvalue weighted by molar-refractivity contribution is 0.894. The summed E-state index contributed by atoms with van der Waals surface area (Å²) < 4.78 is 0. The minimum absolute atomic E-state index is 0.765. The zero-order valence-corrected chi connectivity index (χ0v) is 9.77. The van der Waals surface area contributed by atoms with Gasteiger partial charge in [-0.05, 0) is 19.1 Å². The SMILES string of the molecule is CCCCSc1ncnc2nc(C)[nH]c12. The molecule has 0 aliphatic rings. The molecule has 0 saturated carbocycles. The van der Waals surface area contributed by atoms with Crippen LogP contribution in [0.15, 0.2) is 11.4 Å². The number of thioether (sulfide) groups is 1. The number of fused-ring (bicyclic) bond motifs is 1. The average molecular weight is 222 g/mol. The highest BCUT2D eigenvalue weighted by Gasteiger charge is 2.07. The fourth-order valence-corrected chi connectivity index (χ4v) is 2.38. The molecule has 2 rings (SSSR count). The normalized spacial score (nSPS) is 11.1. The largest absolute Gasteiger partial charge is 0.339 e. The van der Waals surface area contributed by atoms with Crippen LogP contribution in [0.2, 0.25) is 0 Å². The Balaban J connectivity index is 2.25. The molecular formula is C10H14N4S. The average Bonchev–Trinajstić information content (AvgIpc) is 2.59. The smallest absolute Gasteiger partial charge is 0.181 e. The van der Waals surface area contributed by atoms with E-state index in [2.05, 4.69) is 26.9 Å². The fourth-order valence-electron chi connectivity index (χ4n) is 1.35. The van der Waals surface area contributed by atoms with Crippen LogP contribution >= 0.6 is 11.8 Å². The summed E-state index contributed by atoms with van der Waals surface area (Å²) in [6.07, 6.45) is 4.00. The van der Waals surface area contributed by atoms with Gasteiger partial charge in [0.15, 0.2) is 5.65 Å². The van der Waals surface area contributed by atoms with Crippen molar-refractivity contribution in [1.29, 1.82) is 0 Å². The van der Waals surface area contributed by atoms with Gasteiger partial charge in [-0.1, -0.05) is 13.3 Å². The van der Waals surface area contributed by atoms with Crippen LogP contribution in [-0.4, -0.2) is 25.7 Å². The topological polar surface area (TPSA) is 54.5 Å². The number of nitrogens with one attached hydrogen (secondary N) is 1. The van der Waals surface area contributed by atoms with Gasteiger partial charge in [-0.15, -0.1) is 11.8 Å². The van der Waals surface area contributed by atoms with E-state index in [0.29, 0.717) is 0 Å². The standard InChI is InChI=1S/C10H14N4S/c1-3-4-5-15-10-8-9(11-6-12-10)14-7(2)13-8/h6H,3-5H2,1-2H3,(H,11,12,13,14). The van der Waals surface area contributed by atoms with Crippen LogP contribution < -0.4 is 0 Å². The van der Waals surface area contributed by atoms with Gasteiger partial charge in [-0.3, -0.25) is 0 Å². The lowest BCUT2D eigenvalue weighted by atomic mass is 10.4. The predicted octanol–water partition coefficient (Wildman–Crippen LogP) is 2.55. The highest BCUT2D eigenvalue weighted by molar-refractivity contribution is 7.99.